The van der Waals surface area contributed by atoms with Crippen molar-refractivity contribution >= 4 is 26.9 Å². The maximum absolute atomic E-state index is 5.72. The van der Waals surface area contributed by atoms with Crippen molar-refractivity contribution in [1.29, 1.82) is 0 Å². The van der Waals surface area contributed by atoms with Gasteiger partial charge in [0.1, 0.15) is 11.3 Å². The second kappa shape index (κ2) is 3.75. The Bertz CT molecular complexity index is 449. The first-order valence-corrected chi connectivity index (χ1v) is 5.40. The molecule has 2 rings (SSSR count). The molecule has 1 unspecified atom stereocenters. The van der Waals surface area contributed by atoms with E-state index in [1.165, 1.54) is 0 Å². The summed E-state index contributed by atoms with van der Waals surface area (Å²) in [5.41, 5.74) is 6.53. The lowest BCUT2D eigenvalue weighted by Gasteiger charge is -2.03. The molecule has 0 aliphatic carbocycles. The number of nitrogens with two attached hydrogens (primary N) is 1. The van der Waals surface area contributed by atoms with Crippen LogP contribution >= 0.6 is 15.9 Å². The number of para-hydroxylation sites is 1. The number of halogens is 1. The summed E-state index contributed by atoms with van der Waals surface area (Å²) in [6.07, 6.45) is 0. The van der Waals surface area contributed by atoms with Gasteiger partial charge in [0, 0.05) is 17.8 Å². The second-order valence-electron chi connectivity index (χ2n) is 3.41. The lowest BCUT2D eigenvalue weighted by Crippen LogP contribution is -2.08. The highest BCUT2D eigenvalue weighted by atomic mass is 79.9. The van der Waals surface area contributed by atoms with Gasteiger partial charge in [-0.3, -0.25) is 0 Å². The fraction of sp³-hybridized carbons (Fsp3) is 0.273. The van der Waals surface area contributed by atoms with Gasteiger partial charge in [0.2, 0.25) is 0 Å². The summed E-state index contributed by atoms with van der Waals surface area (Å²) < 4.78 is 6.76. The molecule has 2 aromatic rings. The minimum atomic E-state index is 0.247. The van der Waals surface area contributed by atoms with Gasteiger partial charge in [0.15, 0.2) is 0 Å². The van der Waals surface area contributed by atoms with E-state index in [0.29, 0.717) is 6.54 Å². The van der Waals surface area contributed by atoms with Crippen LogP contribution in [0, 0.1) is 0 Å². The van der Waals surface area contributed by atoms with Crippen LogP contribution in [0.5, 0.6) is 0 Å². The van der Waals surface area contributed by atoms with Crippen molar-refractivity contribution < 1.29 is 4.42 Å². The van der Waals surface area contributed by atoms with Crippen molar-refractivity contribution in [3.8, 4) is 0 Å². The third-order valence-corrected chi connectivity index (χ3v) is 3.18. The Morgan fingerprint density at radius 3 is 2.79 bits per heavy atom. The van der Waals surface area contributed by atoms with Gasteiger partial charge in [-0.25, -0.2) is 0 Å². The zero-order chi connectivity index (χ0) is 10.1. The zero-order valence-electron chi connectivity index (χ0n) is 7.96. The van der Waals surface area contributed by atoms with Crippen LogP contribution in [0.4, 0.5) is 0 Å². The summed E-state index contributed by atoms with van der Waals surface area (Å²) in [5, 5.41) is 1.11. The third-order valence-electron chi connectivity index (χ3n) is 2.36. The molecular formula is C11H12BrNO. The summed E-state index contributed by atoms with van der Waals surface area (Å²) in [6, 6.07) is 7.97. The first-order valence-electron chi connectivity index (χ1n) is 4.61. The Labute approximate surface area is 91.2 Å². The Morgan fingerprint density at radius 1 is 1.43 bits per heavy atom. The first kappa shape index (κ1) is 9.74. The van der Waals surface area contributed by atoms with Crippen molar-refractivity contribution in [2.45, 2.75) is 12.8 Å². The van der Waals surface area contributed by atoms with Crippen LogP contribution in [0.25, 0.3) is 11.0 Å². The molecule has 0 bridgehead atoms. The molecule has 1 aromatic heterocycles. The van der Waals surface area contributed by atoms with Crippen molar-refractivity contribution in [2.75, 3.05) is 6.54 Å². The highest BCUT2D eigenvalue weighted by Gasteiger charge is 2.15. The molecule has 0 radical (unpaired) electrons. The monoisotopic (exact) mass is 253 g/mol. The third kappa shape index (κ3) is 1.47. The molecule has 0 amide bonds. The standard InChI is InChI=1S/C11H12BrNO/c1-7(6-13)11-10(12)8-4-2-3-5-9(8)14-11/h2-5,7H,6,13H2,1H3. The van der Waals surface area contributed by atoms with Gasteiger partial charge in [-0.05, 0) is 28.1 Å². The van der Waals surface area contributed by atoms with Crippen LogP contribution in [0.15, 0.2) is 33.2 Å². The first-order chi connectivity index (χ1) is 6.74. The van der Waals surface area contributed by atoms with Gasteiger partial charge in [-0.2, -0.15) is 0 Å². The number of hydrogen-bond acceptors (Lipinski definition) is 2. The van der Waals surface area contributed by atoms with E-state index in [1.54, 1.807) is 0 Å². The van der Waals surface area contributed by atoms with Crippen LogP contribution in [0.1, 0.15) is 18.6 Å². The van der Waals surface area contributed by atoms with Crippen LogP contribution < -0.4 is 5.73 Å². The van der Waals surface area contributed by atoms with E-state index in [1.807, 2.05) is 24.3 Å². The smallest absolute Gasteiger partial charge is 0.135 e. The average Bonchev–Trinajstić information content (AvgIpc) is 2.56. The maximum Gasteiger partial charge on any atom is 0.135 e. The maximum atomic E-state index is 5.72. The van der Waals surface area contributed by atoms with Gasteiger partial charge in [0.25, 0.3) is 0 Å². The molecule has 1 atom stereocenters. The van der Waals surface area contributed by atoms with Gasteiger partial charge in [-0.15, -0.1) is 0 Å². The lowest BCUT2D eigenvalue weighted by molar-refractivity contribution is 0.506. The molecular weight excluding hydrogens is 242 g/mol. The summed E-state index contributed by atoms with van der Waals surface area (Å²) in [6.45, 7) is 2.65. The Morgan fingerprint density at radius 2 is 2.14 bits per heavy atom. The Balaban J connectivity index is 2.62. The Hall–Kier alpha value is -0.800. The normalized spacial score (nSPS) is 13.4. The fourth-order valence-electron chi connectivity index (χ4n) is 1.46. The second-order valence-corrected chi connectivity index (χ2v) is 4.21. The molecule has 2 nitrogen and oxygen atoms in total. The number of furan rings is 1. The summed E-state index contributed by atoms with van der Waals surface area (Å²) in [7, 11) is 0. The molecule has 14 heavy (non-hydrogen) atoms. The lowest BCUT2D eigenvalue weighted by atomic mass is 10.1. The van der Waals surface area contributed by atoms with Crippen LogP contribution in [-0.4, -0.2) is 6.54 Å². The van der Waals surface area contributed by atoms with Gasteiger partial charge < -0.3 is 10.2 Å². The molecule has 3 heteroatoms. The molecule has 0 saturated carbocycles. The predicted octanol–water partition coefficient (Wildman–Crippen LogP) is 3.26. The van der Waals surface area contributed by atoms with Gasteiger partial charge >= 0.3 is 0 Å². The quantitative estimate of drug-likeness (QED) is 0.893. The van der Waals surface area contributed by atoms with E-state index in [4.69, 9.17) is 10.2 Å². The number of rotatable bonds is 2. The number of hydrogen-bond donors (Lipinski definition) is 1. The zero-order valence-corrected chi connectivity index (χ0v) is 9.54. The van der Waals surface area contributed by atoms with E-state index in [2.05, 4.69) is 22.9 Å². The molecule has 74 valence electrons. The minimum absolute atomic E-state index is 0.247. The van der Waals surface area contributed by atoms with Crippen LogP contribution in [-0.2, 0) is 0 Å². The Kier molecular flexibility index (Phi) is 2.61. The van der Waals surface area contributed by atoms with E-state index < -0.39 is 0 Å². The molecule has 0 aliphatic rings. The average molecular weight is 254 g/mol. The van der Waals surface area contributed by atoms with Crippen molar-refractivity contribution in [1.82, 2.24) is 0 Å². The largest absolute Gasteiger partial charge is 0.460 e. The van der Waals surface area contributed by atoms with Crippen molar-refractivity contribution in [3.63, 3.8) is 0 Å². The van der Waals surface area contributed by atoms with Crippen molar-refractivity contribution in [3.05, 3.63) is 34.5 Å². The van der Waals surface area contributed by atoms with E-state index in [-0.39, 0.29) is 5.92 Å². The highest BCUT2D eigenvalue weighted by molar-refractivity contribution is 9.10. The molecule has 1 heterocycles. The molecule has 0 fully saturated rings. The van der Waals surface area contributed by atoms with Crippen LogP contribution in [0.3, 0.4) is 0 Å². The van der Waals surface area contributed by atoms with E-state index >= 15 is 0 Å². The summed E-state index contributed by atoms with van der Waals surface area (Å²) >= 11 is 3.54. The number of fused-ring (bicyclic) bond motifs is 1. The van der Waals surface area contributed by atoms with Crippen molar-refractivity contribution in [2.24, 2.45) is 5.73 Å². The molecule has 0 aliphatic heterocycles. The minimum Gasteiger partial charge on any atom is -0.460 e. The molecule has 1 aromatic carbocycles. The van der Waals surface area contributed by atoms with Crippen LogP contribution in [0.2, 0.25) is 0 Å². The molecule has 0 spiro atoms. The predicted molar refractivity (Wildman–Crippen MR) is 61.4 cm³/mol. The topological polar surface area (TPSA) is 39.2 Å². The fourth-order valence-corrected chi connectivity index (χ4v) is 2.26. The molecule has 2 N–H and O–H groups in total. The summed E-state index contributed by atoms with van der Waals surface area (Å²) in [5.74, 6) is 1.19. The van der Waals surface area contributed by atoms with Gasteiger partial charge in [0.05, 0.1) is 4.47 Å². The van der Waals surface area contributed by atoms with Gasteiger partial charge in [-0.1, -0.05) is 19.1 Å². The molecule has 0 saturated heterocycles. The summed E-state index contributed by atoms with van der Waals surface area (Å²) in [4.78, 5) is 0. The van der Waals surface area contributed by atoms with E-state index in [0.717, 1.165) is 21.2 Å². The number of benzene rings is 1. The SMILES string of the molecule is CC(CN)c1oc2ccccc2c1Br. The highest BCUT2D eigenvalue weighted by Crippen LogP contribution is 2.34. The van der Waals surface area contributed by atoms with E-state index in [9.17, 15) is 0 Å².